The van der Waals surface area contributed by atoms with Crippen molar-refractivity contribution in [3.8, 4) is 5.75 Å². The number of fused-ring (bicyclic) bond motifs is 1. The highest BCUT2D eigenvalue weighted by atomic mass is 16.5. The molecule has 4 rings (SSSR count). The number of carbonyl (C=O) groups excluding carboxylic acids is 1. The van der Waals surface area contributed by atoms with Crippen LogP contribution in [0.5, 0.6) is 5.75 Å². The Hall–Kier alpha value is -2.89. The Labute approximate surface area is 158 Å². The van der Waals surface area contributed by atoms with Crippen LogP contribution >= 0.6 is 0 Å². The van der Waals surface area contributed by atoms with Crippen molar-refractivity contribution >= 4 is 16.9 Å². The van der Waals surface area contributed by atoms with Crippen LogP contribution in [-0.2, 0) is 13.6 Å². The summed E-state index contributed by atoms with van der Waals surface area (Å²) in [5, 5.41) is 5.32. The van der Waals surface area contributed by atoms with Crippen LogP contribution < -0.4 is 4.74 Å². The summed E-state index contributed by atoms with van der Waals surface area (Å²) in [6.45, 7) is 4.44. The van der Waals surface area contributed by atoms with Crippen LogP contribution in [0.15, 0.2) is 30.3 Å². The molecule has 0 radical (unpaired) electrons. The van der Waals surface area contributed by atoms with Crippen LogP contribution in [-0.4, -0.2) is 38.7 Å². The Morgan fingerprint density at radius 2 is 1.96 bits per heavy atom. The number of carbonyl (C=O) groups is 1. The molecule has 140 valence electrons. The van der Waals surface area contributed by atoms with E-state index in [0.29, 0.717) is 18.2 Å². The Kier molecular flexibility index (Phi) is 4.34. The number of aryl methyl sites for hydroxylation is 3. The molecule has 2 heterocycles. The summed E-state index contributed by atoms with van der Waals surface area (Å²) < 4.78 is 6.98. The molecule has 0 bridgehead atoms. The molecule has 0 aliphatic heterocycles. The van der Waals surface area contributed by atoms with Gasteiger partial charge in [-0.05, 0) is 50.5 Å². The molecule has 0 N–H and O–H groups in total. The molecule has 1 aromatic carbocycles. The van der Waals surface area contributed by atoms with Gasteiger partial charge in [0.15, 0.2) is 5.65 Å². The zero-order chi connectivity index (χ0) is 19.1. The van der Waals surface area contributed by atoms with Gasteiger partial charge in [0.1, 0.15) is 5.75 Å². The van der Waals surface area contributed by atoms with Gasteiger partial charge in [0, 0.05) is 25.3 Å². The minimum atomic E-state index is 0.0555. The standard InChI is InChI=1S/C21H24N4O2/c1-13-11-18(19-14(2)23-24(3)20(19)22-13)21(26)25(16-7-8-16)12-15-5-9-17(27-4)10-6-15/h5-6,9-11,16H,7-8,12H2,1-4H3. The molecule has 3 aromatic rings. The van der Waals surface area contributed by atoms with Crippen LogP contribution in [0.2, 0.25) is 0 Å². The third-order valence-electron chi connectivity index (χ3n) is 5.09. The monoisotopic (exact) mass is 364 g/mol. The molecule has 0 unspecified atom stereocenters. The summed E-state index contributed by atoms with van der Waals surface area (Å²) in [5.41, 5.74) is 4.22. The molecule has 1 aliphatic rings. The second-order valence-corrected chi connectivity index (χ2v) is 7.23. The third-order valence-corrected chi connectivity index (χ3v) is 5.09. The molecule has 0 saturated heterocycles. The summed E-state index contributed by atoms with van der Waals surface area (Å²) >= 11 is 0. The van der Waals surface area contributed by atoms with Crippen molar-refractivity contribution < 1.29 is 9.53 Å². The lowest BCUT2D eigenvalue weighted by Crippen LogP contribution is -2.33. The number of methoxy groups -OCH3 is 1. The van der Waals surface area contributed by atoms with E-state index in [2.05, 4.69) is 10.1 Å². The Balaban J connectivity index is 1.71. The molecule has 1 fully saturated rings. The van der Waals surface area contributed by atoms with Crippen molar-refractivity contribution in [1.29, 1.82) is 0 Å². The quantitative estimate of drug-likeness (QED) is 0.696. The third kappa shape index (κ3) is 3.27. The lowest BCUT2D eigenvalue weighted by molar-refractivity contribution is 0.0731. The number of aromatic nitrogens is 3. The topological polar surface area (TPSA) is 60.2 Å². The normalized spacial score (nSPS) is 13.8. The summed E-state index contributed by atoms with van der Waals surface area (Å²) in [6, 6.07) is 10.1. The maximum Gasteiger partial charge on any atom is 0.255 e. The highest BCUT2D eigenvalue weighted by Crippen LogP contribution is 2.32. The highest BCUT2D eigenvalue weighted by Gasteiger charge is 2.34. The van der Waals surface area contributed by atoms with Gasteiger partial charge in [-0.2, -0.15) is 5.10 Å². The first-order valence-corrected chi connectivity index (χ1v) is 9.22. The average Bonchev–Trinajstić information content (AvgIpc) is 3.46. The van der Waals surface area contributed by atoms with E-state index < -0.39 is 0 Å². The highest BCUT2D eigenvalue weighted by molar-refractivity contribution is 6.06. The van der Waals surface area contributed by atoms with Gasteiger partial charge in [0.2, 0.25) is 0 Å². The largest absolute Gasteiger partial charge is 0.497 e. The predicted molar refractivity (Wildman–Crippen MR) is 104 cm³/mol. The minimum Gasteiger partial charge on any atom is -0.497 e. The number of pyridine rings is 1. The van der Waals surface area contributed by atoms with Gasteiger partial charge in [-0.25, -0.2) is 4.98 Å². The van der Waals surface area contributed by atoms with Crippen molar-refractivity contribution in [3.05, 3.63) is 52.8 Å². The predicted octanol–water partition coefficient (Wildman–Crippen LogP) is 3.40. The molecule has 1 saturated carbocycles. The first-order chi connectivity index (χ1) is 13.0. The first-order valence-electron chi connectivity index (χ1n) is 9.22. The van der Waals surface area contributed by atoms with Gasteiger partial charge in [-0.15, -0.1) is 0 Å². The van der Waals surface area contributed by atoms with Gasteiger partial charge < -0.3 is 9.64 Å². The Morgan fingerprint density at radius 3 is 2.59 bits per heavy atom. The fourth-order valence-corrected chi connectivity index (χ4v) is 3.57. The van der Waals surface area contributed by atoms with Crippen LogP contribution in [0.4, 0.5) is 0 Å². The average molecular weight is 364 g/mol. The number of rotatable bonds is 5. The Bertz CT molecular complexity index is 1000. The summed E-state index contributed by atoms with van der Waals surface area (Å²) in [5.74, 6) is 0.875. The summed E-state index contributed by atoms with van der Waals surface area (Å²) in [6.07, 6.45) is 2.11. The van der Waals surface area contributed by atoms with Crippen molar-refractivity contribution in [2.24, 2.45) is 7.05 Å². The molecule has 0 atom stereocenters. The maximum atomic E-state index is 13.5. The van der Waals surface area contributed by atoms with Crippen LogP contribution in [0.1, 0.15) is 40.2 Å². The van der Waals surface area contributed by atoms with E-state index in [9.17, 15) is 4.79 Å². The molecule has 1 aliphatic carbocycles. The van der Waals surface area contributed by atoms with Gasteiger partial charge >= 0.3 is 0 Å². The van der Waals surface area contributed by atoms with Crippen LogP contribution in [0.25, 0.3) is 11.0 Å². The molecular weight excluding hydrogens is 340 g/mol. The van der Waals surface area contributed by atoms with Crippen molar-refractivity contribution in [2.75, 3.05) is 7.11 Å². The number of hydrogen-bond acceptors (Lipinski definition) is 4. The Morgan fingerprint density at radius 1 is 1.26 bits per heavy atom. The van der Waals surface area contributed by atoms with Gasteiger partial charge in [0.05, 0.1) is 23.8 Å². The lowest BCUT2D eigenvalue weighted by Gasteiger charge is -2.23. The number of benzene rings is 1. The van der Waals surface area contributed by atoms with Crippen molar-refractivity contribution in [3.63, 3.8) is 0 Å². The van der Waals surface area contributed by atoms with Crippen molar-refractivity contribution in [2.45, 2.75) is 39.3 Å². The lowest BCUT2D eigenvalue weighted by atomic mass is 10.1. The van der Waals surface area contributed by atoms with E-state index in [1.54, 1.807) is 11.8 Å². The second kappa shape index (κ2) is 6.68. The van der Waals surface area contributed by atoms with Crippen LogP contribution in [0, 0.1) is 13.8 Å². The SMILES string of the molecule is COc1ccc(CN(C(=O)c2cc(C)nc3c2c(C)nn3C)C2CC2)cc1. The van der Waals surface area contributed by atoms with E-state index in [0.717, 1.165) is 46.6 Å². The van der Waals surface area contributed by atoms with E-state index >= 15 is 0 Å². The second-order valence-electron chi connectivity index (χ2n) is 7.23. The van der Waals surface area contributed by atoms with Gasteiger partial charge in [-0.3, -0.25) is 9.48 Å². The fraction of sp³-hybridized carbons (Fsp3) is 0.381. The fourth-order valence-electron chi connectivity index (χ4n) is 3.57. The van der Waals surface area contributed by atoms with Gasteiger partial charge in [-0.1, -0.05) is 12.1 Å². The van der Waals surface area contributed by atoms with E-state index in [4.69, 9.17) is 4.74 Å². The molecule has 6 heteroatoms. The van der Waals surface area contributed by atoms with E-state index in [1.807, 2.05) is 56.1 Å². The molecule has 1 amide bonds. The number of hydrogen-bond donors (Lipinski definition) is 0. The molecule has 6 nitrogen and oxygen atoms in total. The zero-order valence-corrected chi connectivity index (χ0v) is 16.2. The van der Waals surface area contributed by atoms with Gasteiger partial charge in [0.25, 0.3) is 5.91 Å². The van der Waals surface area contributed by atoms with E-state index in [1.165, 1.54) is 0 Å². The number of nitrogens with zero attached hydrogens (tertiary/aromatic N) is 4. The smallest absolute Gasteiger partial charge is 0.255 e. The number of ether oxygens (including phenoxy) is 1. The van der Waals surface area contributed by atoms with Crippen LogP contribution in [0.3, 0.4) is 0 Å². The first kappa shape index (κ1) is 17.5. The van der Waals surface area contributed by atoms with Crippen molar-refractivity contribution in [1.82, 2.24) is 19.7 Å². The molecular formula is C21H24N4O2. The molecule has 2 aromatic heterocycles. The molecule has 0 spiro atoms. The molecule has 27 heavy (non-hydrogen) atoms. The summed E-state index contributed by atoms with van der Waals surface area (Å²) in [7, 11) is 3.52. The summed E-state index contributed by atoms with van der Waals surface area (Å²) in [4.78, 5) is 20.1. The van der Waals surface area contributed by atoms with E-state index in [-0.39, 0.29) is 5.91 Å². The number of amides is 1. The zero-order valence-electron chi connectivity index (χ0n) is 16.2. The minimum absolute atomic E-state index is 0.0555. The maximum absolute atomic E-state index is 13.5.